The number of carbonyl (C=O) groups excluding carboxylic acids is 2. The van der Waals surface area contributed by atoms with Gasteiger partial charge in [0.2, 0.25) is 5.91 Å². The summed E-state index contributed by atoms with van der Waals surface area (Å²) in [6, 6.07) is 8.17. The number of nitro groups is 1. The molecule has 0 unspecified atom stereocenters. The molecule has 3 rings (SSSR count). The minimum atomic E-state index is -0.416. The summed E-state index contributed by atoms with van der Waals surface area (Å²) in [6.07, 6.45) is 0.261. The third kappa shape index (κ3) is 5.27. The van der Waals surface area contributed by atoms with Gasteiger partial charge in [-0.1, -0.05) is 0 Å². The number of rotatable bonds is 7. The normalized spacial score (nSPS) is 14.0. The molecule has 0 spiro atoms. The number of amides is 2. The highest BCUT2D eigenvalue weighted by Crippen LogP contribution is 2.21. The van der Waals surface area contributed by atoms with Crippen LogP contribution >= 0.6 is 0 Å². The Hall–Kier alpha value is -3.36. The van der Waals surface area contributed by atoms with Crippen molar-refractivity contribution in [3.05, 3.63) is 57.5 Å². The first-order chi connectivity index (χ1) is 15.2. The Balaban J connectivity index is 1.54. The van der Waals surface area contributed by atoms with E-state index in [-0.39, 0.29) is 30.0 Å². The van der Waals surface area contributed by atoms with E-state index in [0.717, 1.165) is 5.69 Å². The molecular formula is C23H30N4O5. The van der Waals surface area contributed by atoms with Gasteiger partial charge in [-0.2, -0.15) is 0 Å². The largest absolute Gasteiger partial charge is 0.466 e. The summed E-state index contributed by atoms with van der Waals surface area (Å²) in [4.78, 5) is 41.8. The third-order valence-electron chi connectivity index (χ3n) is 5.78. The number of hydrogen-bond acceptors (Lipinski definition) is 6. The van der Waals surface area contributed by atoms with Gasteiger partial charge in [-0.3, -0.25) is 19.7 Å². The van der Waals surface area contributed by atoms with Gasteiger partial charge in [-0.15, -0.1) is 0 Å². The maximum atomic E-state index is 13.0. The first-order valence-electron chi connectivity index (χ1n) is 10.8. The Morgan fingerprint density at radius 3 is 2.25 bits per heavy atom. The summed E-state index contributed by atoms with van der Waals surface area (Å²) in [6.45, 7) is 10.3. The van der Waals surface area contributed by atoms with Gasteiger partial charge in [0.25, 0.3) is 11.6 Å². The summed E-state index contributed by atoms with van der Waals surface area (Å²) in [5.41, 5.74) is 1.51. The van der Waals surface area contributed by atoms with E-state index in [0.29, 0.717) is 49.8 Å². The van der Waals surface area contributed by atoms with E-state index >= 15 is 0 Å². The standard InChI is InChI=1S/C23H30N4O5/c1-16(2)26(23(29)21-15-17(3)32-18(21)4)10-9-22(28)25-13-11-24(12-14-25)19-5-7-20(8-6-19)27(30)31/h5-8,15-16H,9-14H2,1-4H3. The molecular weight excluding hydrogens is 412 g/mol. The molecule has 0 bridgehead atoms. The van der Waals surface area contributed by atoms with Crippen molar-refractivity contribution in [1.29, 1.82) is 0 Å². The van der Waals surface area contributed by atoms with Crippen molar-refractivity contribution in [2.45, 2.75) is 40.2 Å². The summed E-state index contributed by atoms with van der Waals surface area (Å²) >= 11 is 0. The molecule has 0 radical (unpaired) electrons. The smallest absolute Gasteiger partial charge is 0.269 e. The molecule has 0 saturated carbocycles. The zero-order valence-electron chi connectivity index (χ0n) is 19.0. The molecule has 1 fully saturated rings. The minimum Gasteiger partial charge on any atom is -0.466 e. The Labute approximate surface area is 187 Å². The van der Waals surface area contributed by atoms with Crippen LogP contribution in [-0.4, -0.2) is 65.3 Å². The van der Waals surface area contributed by atoms with Gasteiger partial charge in [-0.25, -0.2) is 0 Å². The van der Waals surface area contributed by atoms with E-state index in [1.807, 2.05) is 25.7 Å². The Morgan fingerprint density at radius 2 is 1.75 bits per heavy atom. The van der Waals surface area contributed by atoms with Gasteiger partial charge < -0.3 is 19.1 Å². The second-order valence-corrected chi connectivity index (χ2v) is 8.31. The molecule has 0 N–H and O–H groups in total. The average molecular weight is 443 g/mol. The minimum absolute atomic E-state index is 0.0203. The highest BCUT2D eigenvalue weighted by molar-refractivity contribution is 5.95. The molecule has 9 nitrogen and oxygen atoms in total. The number of carbonyl (C=O) groups is 2. The first-order valence-corrected chi connectivity index (χ1v) is 10.8. The van der Waals surface area contributed by atoms with E-state index in [2.05, 4.69) is 4.90 Å². The van der Waals surface area contributed by atoms with E-state index in [4.69, 9.17) is 4.42 Å². The molecule has 0 aliphatic carbocycles. The topological polar surface area (TPSA) is 100 Å². The lowest BCUT2D eigenvalue weighted by Crippen LogP contribution is -2.49. The third-order valence-corrected chi connectivity index (χ3v) is 5.78. The second kappa shape index (κ2) is 9.84. The molecule has 1 saturated heterocycles. The van der Waals surface area contributed by atoms with Crippen LogP contribution in [0.2, 0.25) is 0 Å². The maximum Gasteiger partial charge on any atom is 0.269 e. The van der Waals surface area contributed by atoms with Gasteiger partial charge in [0, 0.05) is 63.0 Å². The Bertz CT molecular complexity index is 975. The molecule has 1 aromatic carbocycles. The van der Waals surface area contributed by atoms with E-state index < -0.39 is 4.92 Å². The molecule has 1 aromatic heterocycles. The Kier molecular flexibility index (Phi) is 7.17. The van der Waals surface area contributed by atoms with Crippen LogP contribution in [0.1, 0.15) is 42.1 Å². The van der Waals surface area contributed by atoms with Crippen LogP contribution in [0.3, 0.4) is 0 Å². The number of furan rings is 1. The van der Waals surface area contributed by atoms with Crippen LogP contribution in [0, 0.1) is 24.0 Å². The van der Waals surface area contributed by atoms with E-state index in [9.17, 15) is 19.7 Å². The van der Waals surface area contributed by atoms with Gasteiger partial charge >= 0.3 is 0 Å². The number of aryl methyl sites for hydroxylation is 2. The molecule has 2 heterocycles. The molecule has 2 aromatic rings. The van der Waals surface area contributed by atoms with E-state index in [1.165, 1.54) is 12.1 Å². The number of nitrogens with zero attached hydrogens (tertiary/aromatic N) is 4. The van der Waals surface area contributed by atoms with Crippen molar-refractivity contribution in [3.63, 3.8) is 0 Å². The zero-order valence-corrected chi connectivity index (χ0v) is 19.0. The number of anilines is 1. The molecule has 0 atom stereocenters. The van der Waals surface area contributed by atoms with Crippen molar-refractivity contribution in [1.82, 2.24) is 9.80 Å². The fourth-order valence-corrected chi connectivity index (χ4v) is 3.97. The fraction of sp³-hybridized carbons (Fsp3) is 0.478. The Morgan fingerprint density at radius 1 is 1.12 bits per heavy atom. The lowest BCUT2D eigenvalue weighted by Gasteiger charge is -2.36. The van der Waals surface area contributed by atoms with Crippen LogP contribution in [-0.2, 0) is 4.79 Å². The van der Waals surface area contributed by atoms with Crippen LogP contribution in [0.5, 0.6) is 0 Å². The molecule has 172 valence electrons. The van der Waals surface area contributed by atoms with Crippen molar-refractivity contribution >= 4 is 23.2 Å². The SMILES string of the molecule is Cc1cc(C(=O)N(CCC(=O)N2CCN(c3ccc([N+](=O)[O-])cc3)CC2)C(C)C)c(C)o1. The highest BCUT2D eigenvalue weighted by Gasteiger charge is 2.26. The van der Waals surface area contributed by atoms with Crippen molar-refractivity contribution in [3.8, 4) is 0 Å². The van der Waals surface area contributed by atoms with Crippen LogP contribution < -0.4 is 4.90 Å². The molecule has 9 heteroatoms. The van der Waals surface area contributed by atoms with Gasteiger partial charge in [0.15, 0.2) is 0 Å². The van der Waals surface area contributed by atoms with Gasteiger partial charge in [0.05, 0.1) is 10.5 Å². The average Bonchev–Trinajstić information content (AvgIpc) is 3.11. The molecule has 2 amide bonds. The quantitative estimate of drug-likeness (QED) is 0.481. The van der Waals surface area contributed by atoms with Crippen molar-refractivity contribution in [2.24, 2.45) is 0 Å². The number of non-ortho nitro benzene ring substituents is 1. The summed E-state index contributed by atoms with van der Waals surface area (Å²) in [5, 5.41) is 10.8. The number of nitro benzene ring substituents is 1. The molecule has 32 heavy (non-hydrogen) atoms. The number of piperazine rings is 1. The second-order valence-electron chi connectivity index (χ2n) is 8.31. The van der Waals surface area contributed by atoms with Crippen molar-refractivity contribution in [2.75, 3.05) is 37.6 Å². The van der Waals surface area contributed by atoms with E-state index in [1.54, 1.807) is 30.0 Å². The number of hydrogen-bond donors (Lipinski definition) is 0. The summed E-state index contributed by atoms with van der Waals surface area (Å²) < 4.78 is 5.49. The molecule has 1 aliphatic heterocycles. The van der Waals surface area contributed by atoms with Crippen molar-refractivity contribution < 1.29 is 18.9 Å². The van der Waals surface area contributed by atoms with Gasteiger partial charge in [-0.05, 0) is 45.9 Å². The lowest BCUT2D eigenvalue weighted by molar-refractivity contribution is -0.384. The lowest BCUT2D eigenvalue weighted by atomic mass is 10.1. The first kappa shape index (κ1) is 23.3. The predicted molar refractivity (Wildman–Crippen MR) is 121 cm³/mol. The fourth-order valence-electron chi connectivity index (χ4n) is 3.97. The van der Waals surface area contributed by atoms with Gasteiger partial charge in [0.1, 0.15) is 11.5 Å². The number of benzene rings is 1. The zero-order chi connectivity index (χ0) is 23.4. The monoisotopic (exact) mass is 442 g/mol. The van der Waals surface area contributed by atoms with Crippen LogP contribution in [0.4, 0.5) is 11.4 Å². The van der Waals surface area contributed by atoms with Crippen LogP contribution in [0.15, 0.2) is 34.7 Å². The predicted octanol–water partition coefficient (Wildman–Crippen LogP) is 3.39. The maximum absolute atomic E-state index is 13.0. The van der Waals surface area contributed by atoms with Crippen LogP contribution in [0.25, 0.3) is 0 Å². The highest BCUT2D eigenvalue weighted by atomic mass is 16.6. The molecule has 1 aliphatic rings. The summed E-state index contributed by atoms with van der Waals surface area (Å²) in [7, 11) is 0. The summed E-state index contributed by atoms with van der Waals surface area (Å²) in [5.74, 6) is 1.18.